The third-order valence-electron chi connectivity index (χ3n) is 6.38. The van der Waals surface area contributed by atoms with Gasteiger partial charge in [-0.05, 0) is 81.5 Å². The van der Waals surface area contributed by atoms with Crippen molar-refractivity contribution in [1.29, 1.82) is 0 Å². The first-order valence-corrected chi connectivity index (χ1v) is 13.8. The third-order valence-corrected chi connectivity index (χ3v) is 9.58. The second-order valence-corrected chi connectivity index (χ2v) is 11.5. The summed E-state index contributed by atoms with van der Waals surface area (Å²) < 4.78 is 31.2. The highest BCUT2D eigenvalue weighted by molar-refractivity contribution is 7.89. The molecule has 6 nitrogen and oxygen atoms in total. The van der Waals surface area contributed by atoms with Crippen LogP contribution in [0.25, 0.3) is 10.2 Å². The maximum Gasteiger partial charge on any atom is 0.279 e. The van der Waals surface area contributed by atoms with Gasteiger partial charge in [0.05, 0.1) is 15.1 Å². The molecule has 1 saturated heterocycles. The van der Waals surface area contributed by atoms with E-state index in [1.807, 2.05) is 13.8 Å². The van der Waals surface area contributed by atoms with Crippen molar-refractivity contribution in [3.05, 3.63) is 57.9 Å². The molecule has 0 N–H and O–H groups in total. The highest BCUT2D eigenvalue weighted by atomic mass is 32.2. The van der Waals surface area contributed by atoms with E-state index in [0.717, 1.165) is 35.9 Å². The van der Waals surface area contributed by atoms with Crippen molar-refractivity contribution >= 4 is 37.5 Å². The number of aromatic nitrogens is 1. The Morgan fingerprint density at radius 3 is 2.52 bits per heavy atom. The molecule has 1 fully saturated rings. The number of carbonyl (C=O) groups excluding carboxylic acids is 1. The third kappa shape index (κ3) is 4.56. The van der Waals surface area contributed by atoms with Crippen molar-refractivity contribution in [1.82, 2.24) is 8.87 Å². The Morgan fingerprint density at radius 1 is 1.12 bits per heavy atom. The molecule has 1 atom stereocenters. The summed E-state index contributed by atoms with van der Waals surface area (Å²) in [6, 6.07) is 10.5. The average Bonchev–Trinajstić information content (AvgIpc) is 3.16. The number of sulfonamides is 1. The summed E-state index contributed by atoms with van der Waals surface area (Å²) in [6.45, 7) is 9.47. The van der Waals surface area contributed by atoms with Gasteiger partial charge in [-0.3, -0.25) is 4.79 Å². The molecule has 0 aliphatic carbocycles. The van der Waals surface area contributed by atoms with Gasteiger partial charge in [0.1, 0.15) is 0 Å². The van der Waals surface area contributed by atoms with Gasteiger partial charge in [-0.15, -0.1) is 0 Å². The second-order valence-electron chi connectivity index (χ2n) is 8.67. The summed E-state index contributed by atoms with van der Waals surface area (Å²) in [4.78, 5) is 18.2. The summed E-state index contributed by atoms with van der Waals surface area (Å²) in [6.07, 6.45) is 3.65. The van der Waals surface area contributed by atoms with Crippen LogP contribution in [-0.4, -0.2) is 35.8 Å². The van der Waals surface area contributed by atoms with Gasteiger partial charge in [-0.2, -0.15) is 9.30 Å². The molecule has 1 amide bonds. The zero-order valence-electron chi connectivity index (χ0n) is 19.7. The van der Waals surface area contributed by atoms with Gasteiger partial charge in [-0.1, -0.05) is 30.7 Å². The van der Waals surface area contributed by atoms with E-state index in [-0.39, 0.29) is 16.8 Å². The Kier molecular flexibility index (Phi) is 6.88. The van der Waals surface area contributed by atoms with Crippen LogP contribution in [0.1, 0.15) is 61.0 Å². The number of fused-ring (bicyclic) bond motifs is 1. The number of benzene rings is 2. The van der Waals surface area contributed by atoms with Crippen molar-refractivity contribution in [2.75, 3.05) is 6.54 Å². The molecule has 3 aromatic rings. The minimum atomic E-state index is -3.57. The summed E-state index contributed by atoms with van der Waals surface area (Å²) in [5.41, 5.74) is 3.81. The molecule has 1 aliphatic heterocycles. The SMILES string of the molecule is CCC1CCCCN1S(=O)(=O)c1ccc(C(=O)N=c2sc3c(C)cc(C)cc3n2CC)cc1. The van der Waals surface area contributed by atoms with Crippen molar-refractivity contribution in [2.24, 2.45) is 4.99 Å². The van der Waals surface area contributed by atoms with Crippen molar-refractivity contribution < 1.29 is 13.2 Å². The van der Waals surface area contributed by atoms with E-state index in [1.54, 1.807) is 16.4 Å². The zero-order valence-corrected chi connectivity index (χ0v) is 21.3. The molecule has 4 rings (SSSR count). The van der Waals surface area contributed by atoms with Crippen molar-refractivity contribution in [3.63, 3.8) is 0 Å². The molecule has 8 heteroatoms. The van der Waals surface area contributed by atoms with Gasteiger partial charge >= 0.3 is 0 Å². The Bertz CT molecular complexity index is 1350. The molecule has 0 bridgehead atoms. The van der Waals surface area contributed by atoms with Crippen LogP contribution in [0.15, 0.2) is 46.3 Å². The van der Waals surface area contributed by atoms with E-state index >= 15 is 0 Å². The minimum Gasteiger partial charge on any atom is -0.317 e. The number of carbonyl (C=O) groups is 1. The summed E-state index contributed by atoms with van der Waals surface area (Å²) in [5.74, 6) is -0.369. The largest absolute Gasteiger partial charge is 0.317 e. The van der Waals surface area contributed by atoms with E-state index in [9.17, 15) is 13.2 Å². The highest BCUT2D eigenvalue weighted by Crippen LogP contribution is 2.27. The molecule has 0 saturated carbocycles. The molecule has 1 aromatic heterocycles. The number of aryl methyl sites for hydroxylation is 3. The number of nitrogens with zero attached hydrogens (tertiary/aromatic N) is 3. The summed E-state index contributed by atoms with van der Waals surface area (Å²) in [5, 5.41) is 0. The number of rotatable bonds is 5. The Labute approximate surface area is 199 Å². The quantitative estimate of drug-likeness (QED) is 0.509. The Hall–Kier alpha value is -2.29. The van der Waals surface area contributed by atoms with Gasteiger partial charge < -0.3 is 4.57 Å². The van der Waals surface area contributed by atoms with E-state index in [1.165, 1.54) is 34.6 Å². The van der Waals surface area contributed by atoms with Gasteiger partial charge in [0, 0.05) is 24.7 Å². The number of hydrogen-bond donors (Lipinski definition) is 0. The first-order chi connectivity index (χ1) is 15.8. The first kappa shape index (κ1) is 23.9. The molecule has 33 heavy (non-hydrogen) atoms. The fourth-order valence-electron chi connectivity index (χ4n) is 4.66. The molecule has 0 spiro atoms. The monoisotopic (exact) mass is 485 g/mol. The average molecular weight is 486 g/mol. The van der Waals surface area contributed by atoms with Gasteiger partial charge in [-0.25, -0.2) is 8.42 Å². The molecule has 2 heterocycles. The van der Waals surface area contributed by atoms with Crippen LogP contribution < -0.4 is 4.80 Å². The summed E-state index contributed by atoms with van der Waals surface area (Å²) >= 11 is 1.51. The predicted octanol–water partition coefficient (Wildman–Crippen LogP) is 5.03. The highest BCUT2D eigenvalue weighted by Gasteiger charge is 2.32. The lowest BCUT2D eigenvalue weighted by Gasteiger charge is -2.34. The molecular weight excluding hydrogens is 454 g/mol. The van der Waals surface area contributed by atoms with E-state index in [0.29, 0.717) is 23.5 Å². The van der Waals surface area contributed by atoms with E-state index < -0.39 is 10.0 Å². The van der Waals surface area contributed by atoms with Crippen LogP contribution in [0.4, 0.5) is 0 Å². The lowest BCUT2D eigenvalue weighted by Crippen LogP contribution is -2.43. The fourth-order valence-corrected chi connectivity index (χ4v) is 7.57. The number of hydrogen-bond acceptors (Lipinski definition) is 4. The lowest BCUT2D eigenvalue weighted by atomic mass is 10.0. The molecule has 1 aliphatic rings. The number of thiazole rings is 1. The summed E-state index contributed by atoms with van der Waals surface area (Å²) in [7, 11) is -3.57. The lowest BCUT2D eigenvalue weighted by molar-refractivity contribution is 0.0997. The second kappa shape index (κ2) is 9.52. The minimum absolute atomic E-state index is 0.0459. The van der Waals surface area contributed by atoms with Gasteiger partial charge in [0.15, 0.2) is 4.80 Å². The standard InChI is InChI=1S/C25H31N3O3S2/c1-5-20-9-7-8-14-28(20)33(30,31)21-12-10-19(11-13-21)24(29)26-25-27(6-2)22-16-17(3)15-18(4)23(22)32-25/h10-13,15-16,20H,5-9,14H2,1-4H3. The number of piperidine rings is 1. The zero-order chi connectivity index (χ0) is 23.8. The normalized spacial score (nSPS) is 18.2. The molecule has 176 valence electrons. The van der Waals surface area contributed by atoms with Crippen LogP contribution in [0, 0.1) is 13.8 Å². The van der Waals surface area contributed by atoms with Gasteiger partial charge in [0.25, 0.3) is 5.91 Å². The van der Waals surface area contributed by atoms with Crippen LogP contribution in [0.2, 0.25) is 0 Å². The molecule has 1 unspecified atom stereocenters. The smallest absolute Gasteiger partial charge is 0.279 e. The maximum atomic E-state index is 13.2. The molecule has 0 radical (unpaired) electrons. The molecule has 2 aromatic carbocycles. The predicted molar refractivity (Wildman–Crippen MR) is 133 cm³/mol. The van der Waals surface area contributed by atoms with Crippen LogP contribution in [0.5, 0.6) is 0 Å². The van der Waals surface area contributed by atoms with Crippen LogP contribution in [0.3, 0.4) is 0 Å². The Morgan fingerprint density at radius 2 is 1.85 bits per heavy atom. The first-order valence-electron chi connectivity index (χ1n) is 11.6. The Balaban J connectivity index is 1.66. The maximum absolute atomic E-state index is 13.2. The van der Waals surface area contributed by atoms with Crippen molar-refractivity contribution in [2.45, 2.75) is 70.9 Å². The van der Waals surface area contributed by atoms with Crippen LogP contribution >= 0.6 is 11.3 Å². The fraction of sp³-hybridized carbons (Fsp3) is 0.440. The van der Waals surface area contributed by atoms with E-state index in [4.69, 9.17) is 0 Å². The van der Waals surface area contributed by atoms with E-state index in [2.05, 4.69) is 35.5 Å². The topological polar surface area (TPSA) is 71.7 Å². The van der Waals surface area contributed by atoms with Crippen LogP contribution in [-0.2, 0) is 16.6 Å². The van der Waals surface area contributed by atoms with Crippen molar-refractivity contribution in [3.8, 4) is 0 Å². The number of amides is 1. The van der Waals surface area contributed by atoms with Gasteiger partial charge in [0.2, 0.25) is 10.0 Å². The molecular formula is C25H31N3O3S2.